The zero-order valence-electron chi connectivity index (χ0n) is 13.0. The maximum absolute atomic E-state index is 11.8. The first-order chi connectivity index (χ1) is 9.87. The van der Waals surface area contributed by atoms with Crippen molar-refractivity contribution in [2.24, 2.45) is 5.41 Å². The topological polar surface area (TPSA) is 52.6 Å². The number of hydrogen-bond donors (Lipinski definition) is 0. The third-order valence-corrected chi connectivity index (χ3v) is 3.32. The van der Waals surface area contributed by atoms with E-state index in [1.54, 1.807) is 33.8 Å². The van der Waals surface area contributed by atoms with Crippen molar-refractivity contribution in [3.63, 3.8) is 0 Å². The Bertz CT molecular complexity index is 503. The van der Waals surface area contributed by atoms with Gasteiger partial charge in [-0.2, -0.15) is 0 Å². The maximum atomic E-state index is 11.8. The number of carbonyl (C=O) groups excluding carboxylic acids is 2. The van der Waals surface area contributed by atoms with Crippen LogP contribution in [0.4, 0.5) is 0 Å². The molecule has 0 amide bonds. The van der Waals surface area contributed by atoms with Gasteiger partial charge in [-0.1, -0.05) is 30.3 Å². The molecule has 0 bridgehead atoms. The van der Waals surface area contributed by atoms with E-state index in [2.05, 4.69) is 0 Å². The first-order valence-corrected chi connectivity index (χ1v) is 6.99. The molecule has 0 aromatic heterocycles. The van der Waals surface area contributed by atoms with Crippen LogP contribution in [-0.2, 0) is 19.1 Å². The molecule has 1 aromatic rings. The number of ether oxygens (including phenoxy) is 2. The zero-order chi connectivity index (χ0) is 15.9. The number of carbonyl (C=O) groups is 2. The van der Waals surface area contributed by atoms with Gasteiger partial charge in [0.25, 0.3) is 0 Å². The lowest BCUT2D eigenvalue weighted by Gasteiger charge is -2.28. The Morgan fingerprint density at radius 3 is 2.43 bits per heavy atom. The van der Waals surface area contributed by atoms with Crippen molar-refractivity contribution in [3.8, 4) is 0 Å². The highest BCUT2D eigenvalue weighted by atomic mass is 16.6. The monoisotopic (exact) mass is 290 g/mol. The van der Waals surface area contributed by atoms with Crippen LogP contribution in [0.5, 0.6) is 0 Å². The lowest BCUT2D eigenvalue weighted by Crippen LogP contribution is -2.39. The molecule has 1 unspecified atom stereocenters. The average molecular weight is 290 g/mol. The van der Waals surface area contributed by atoms with E-state index in [0.29, 0.717) is 6.61 Å². The molecule has 0 aliphatic carbocycles. The van der Waals surface area contributed by atoms with Crippen molar-refractivity contribution in [3.05, 3.63) is 42.0 Å². The van der Waals surface area contributed by atoms with E-state index >= 15 is 0 Å². The molecular formula is C17H22O4. The fourth-order valence-electron chi connectivity index (χ4n) is 1.57. The molecule has 0 aliphatic heterocycles. The average Bonchev–Trinajstić information content (AvgIpc) is 2.46. The van der Waals surface area contributed by atoms with E-state index in [1.807, 2.05) is 30.3 Å². The molecule has 0 aliphatic rings. The minimum atomic E-state index is -0.883. The van der Waals surface area contributed by atoms with Gasteiger partial charge in [0.2, 0.25) is 0 Å². The van der Waals surface area contributed by atoms with E-state index in [-0.39, 0.29) is 5.97 Å². The van der Waals surface area contributed by atoms with E-state index in [1.165, 1.54) is 6.08 Å². The number of esters is 2. The Hall–Kier alpha value is -2.10. The summed E-state index contributed by atoms with van der Waals surface area (Å²) >= 11 is 0. The summed E-state index contributed by atoms with van der Waals surface area (Å²) in [6.07, 6.45) is 2.45. The van der Waals surface area contributed by atoms with Crippen LogP contribution in [0.3, 0.4) is 0 Å². The minimum absolute atomic E-state index is 0.302. The van der Waals surface area contributed by atoms with Crippen LogP contribution < -0.4 is 0 Å². The van der Waals surface area contributed by atoms with E-state index in [4.69, 9.17) is 9.47 Å². The Morgan fingerprint density at radius 2 is 1.86 bits per heavy atom. The van der Waals surface area contributed by atoms with Crippen LogP contribution in [0.1, 0.15) is 33.3 Å². The highest BCUT2D eigenvalue weighted by Gasteiger charge is 2.37. The van der Waals surface area contributed by atoms with Crippen LogP contribution >= 0.6 is 0 Å². The fourth-order valence-corrected chi connectivity index (χ4v) is 1.57. The second-order valence-corrected chi connectivity index (χ2v) is 5.27. The SMILES string of the molecule is CCOC(=O)C(C)(C)C(C)OC(=O)/C=C/c1ccccc1. The molecule has 0 saturated heterocycles. The molecule has 0 radical (unpaired) electrons. The largest absolute Gasteiger partial charge is 0.465 e. The highest BCUT2D eigenvalue weighted by molar-refractivity contribution is 5.87. The first-order valence-electron chi connectivity index (χ1n) is 6.99. The van der Waals surface area contributed by atoms with Crippen molar-refractivity contribution >= 4 is 18.0 Å². The second-order valence-electron chi connectivity index (χ2n) is 5.27. The van der Waals surface area contributed by atoms with Crippen LogP contribution in [0.2, 0.25) is 0 Å². The van der Waals surface area contributed by atoms with Gasteiger partial charge in [-0.3, -0.25) is 4.79 Å². The van der Waals surface area contributed by atoms with Gasteiger partial charge in [-0.25, -0.2) is 4.79 Å². The molecule has 0 N–H and O–H groups in total. The smallest absolute Gasteiger partial charge is 0.331 e. The summed E-state index contributed by atoms with van der Waals surface area (Å²) in [6, 6.07) is 9.44. The molecule has 1 rings (SSSR count). The number of rotatable bonds is 6. The Kier molecular flexibility index (Phi) is 6.15. The molecule has 0 heterocycles. The molecule has 4 heteroatoms. The van der Waals surface area contributed by atoms with Crippen LogP contribution in [0, 0.1) is 5.41 Å². The van der Waals surface area contributed by atoms with Gasteiger partial charge in [-0.05, 0) is 39.3 Å². The van der Waals surface area contributed by atoms with E-state index in [0.717, 1.165) is 5.56 Å². The van der Waals surface area contributed by atoms with Crippen molar-refractivity contribution in [1.29, 1.82) is 0 Å². The normalized spacial score (nSPS) is 13.0. The molecular weight excluding hydrogens is 268 g/mol. The molecule has 1 atom stereocenters. The molecule has 114 valence electrons. The first kappa shape index (κ1) is 17.0. The fraction of sp³-hybridized carbons (Fsp3) is 0.412. The molecule has 0 spiro atoms. The lowest BCUT2D eigenvalue weighted by atomic mass is 9.87. The van der Waals surface area contributed by atoms with Crippen molar-refractivity contribution in [2.45, 2.75) is 33.8 Å². The van der Waals surface area contributed by atoms with Crippen LogP contribution in [-0.4, -0.2) is 24.6 Å². The molecule has 4 nitrogen and oxygen atoms in total. The Labute approximate surface area is 125 Å². The van der Waals surface area contributed by atoms with E-state index < -0.39 is 17.5 Å². The van der Waals surface area contributed by atoms with Gasteiger partial charge in [0, 0.05) is 6.08 Å². The third-order valence-electron chi connectivity index (χ3n) is 3.32. The van der Waals surface area contributed by atoms with Crippen molar-refractivity contribution in [2.75, 3.05) is 6.61 Å². The predicted octanol–water partition coefficient (Wildman–Crippen LogP) is 3.22. The van der Waals surface area contributed by atoms with E-state index in [9.17, 15) is 9.59 Å². The summed E-state index contributed by atoms with van der Waals surface area (Å²) in [5.41, 5.74) is 0.0264. The number of hydrogen-bond acceptors (Lipinski definition) is 4. The quantitative estimate of drug-likeness (QED) is 0.596. The van der Waals surface area contributed by atoms with Gasteiger partial charge < -0.3 is 9.47 Å². The van der Waals surface area contributed by atoms with Crippen molar-refractivity contribution in [1.82, 2.24) is 0 Å². The highest BCUT2D eigenvalue weighted by Crippen LogP contribution is 2.25. The van der Waals surface area contributed by atoms with Gasteiger partial charge in [0.15, 0.2) is 0 Å². The minimum Gasteiger partial charge on any atom is -0.465 e. The van der Waals surface area contributed by atoms with Crippen molar-refractivity contribution < 1.29 is 19.1 Å². The van der Waals surface area contributed by atoms with Gasteiger partial charge in [-0.15, -0.1) is 0 Å². The zero-order valence-corrected chi connectivity index (χ0v) is 13.0. The summed E-state index contributed by atoms with van der Waals surface area (Å²) in [6.45, 7) is 7.13. The summed E-state index contributed by atoms with van der Waals surface area (Å²) in [7, 11) is 0. The molecule has 0 fully saturated rings. The number of benzene rings is 1. The third kappa shape index (κ3) is 5.06. The Morgan fingerprint density at radius 1 is 1.24 bits per heavy atom. The molecule has 1 aromatic carbocycles. The second kappa shape index (κ2) is 7.62. The summed E-state index contributed by atoms with van der Waals surface area (Å²) in [4.78, 5) is 23.6. The van der Waals surface area contributed by atoms with Gasteiger partial charge in [0.1, 0.15) is 6.10 Å². The van der Waals surface area contributed by atoms with Gasteiger partial charge >= 0.3 is 11.9 Å². The summed E-state index contributed by atoms with van der Waals surface area (Å²) < 4.78 is 10.3. The molecule has 21 heavy (non-hydrogen) atoms. The molecule has 0 saturated carbocycles. The summed E-state index contributed by atoms with van der Waals surface area (Å²) in [5, 5.41) is 0. The maximum Gasteiger partial charge on any atom is 0.331 e. The van der Waals surface area contributed by atoms with Crippen LogP contribution in [0.15, 0.2) is 36.4 Å². The summed E-state index contributed by atoms with van der Waals surface area (Å²) in [5.74, 6) is -0.860. The van der Waals surface area contributed by atoms with Crippen LogP contribution in [0.25, 0.3) is 6.08 Å². The Balaban J connectivity index is 2.61. The lowest BCUT2D eigenvalue weighted by molar-refractivity contribution is -0.166. The predicted molar refractivity (Wildman–Crippen MR) is 81.4 cm³/mol. The standard InChI is InChI=1S/C17H22O4/c1-5-20-16(19)17(3,4)13(2)21-15(18)12-11-14-9-7-6-8-10-14/h6-13H,5H2,1-4H3/b12-11+. The van der Waals surface area contributed by atoms with Gasteiger partial charge in [0.05, 0.1) is 12.0 Å².